The Hall–Kier alpha value is -2.63. The van der Waals surface area contributed by atoms with Crippen molar-refractivity contribution in [3.63, 3.8) is 0 Å². The van der Waals surface area contributed by atoms with Crippen molar-refractivity contribution in [2.45, 2.75) is 19.3 Å². The summed E-state index contributed by atoms with van der Waals surface area (Å²) in [6.07, 6.45) is 0.931. The molecule has 130 valence electrons. The molecule has 1 aromatic carbocycles. The molecule has 0 spiro atoms. The standard InChI is InChI=1S/C19H21N3O3/c1-13-11-17(20-25-13)19(24)22-9-7-21(8-10-22)18(23)16-12-15(16)14-5-3-2-4-6-14/h2-6,11,15-16H,7-10,12H2,1H3/t15-,16+/m0/s1. The number of piperazine rings is 1. The van der Waals surface area contributed by atoms with E-state index in [0.29, 0.717) is 43.6 Å². The van der Waals surface area contributed by atoms with Crippen LogP contribution in [0.2, 0.25) is 0 Å². The molecule has 2 fully saturated rings. The van der Waals surface area contributed by atoms with Gasteiger partial charge < -0.3 is 14.3 Å². The van der Waals surface area contributed by atoms with Crippen LogP contribution in [0, 0.1) is 12.8 Å². The Balaban J connectivity index is 1.32. The number of hydrogen-bond acceptors (Lipinski definition) is 4. The Morgan fingerprint density at radius 2 is 1.76 bits per heavy atom. The van der Waals surface area contributed by atoms with Crippen molar-refractivity contribution >= 4 is 11.8 Å². The second-order valence-electron chi connectivity index (χ2n) is 6.80. The number of rotatable bonds is 3. The first-order valence-corrected chi connectivity index (χ1v) is 8.70. The van der Waals surface area contributed by atoms with Crippen LogP contribution in [0.1, 0.15) is 34.2 Å². The van der Waals surface area contributed by atoms with Crippen LogP contribution < -0.4 is 0 Å². The van der Waals surface area contributed by atoms with Crippen molar-refractivity contribution in [2.24, 2.45) is 5.92 Å². The summed E-state index contributed by atoms with van der Waals surface area (Å²) >= 11 is 0. The minimum Gasteiger partial charge on any atom is -0.361 e. The Labute approximate surface area is 146 Å². The Bertz CT molecular complexity index is 778. The molecule has 6 heteroatoms. The fourth-order valence-electron chi connectivity index (χ4n) is 3.53. The zero-order valence-electron chi connectivity index (χ0n) is 14.2. The third-order valence-corrected chi connectivity index (χ3v) is 5.06. The molecule has 0 bridgehead atoms. The third kappa shape index (κ3) is 3.16. The molecule has 1 aromatic heterocycles. The van der Waals surface area contributed by atoms with Crippen LogP contribution >= 0.6 is 0 Å². The number of nitrogens with zero attached hydrogens (tertiary/aromatic N) is 3. The molecule has 6 nitrogen and oxygen atoms in total. The summed E-state index contributed by atoms with van der Waals surface area (Å²) < 4.78 is 4.97. The van der Waals surface area contributed by atoms with Crippen molar-refractivity contribution in [1.82, 2.24) is 15.0 Å². The highest BCUT2D eigenvalue weighted by Gasteiger charge is 2.46. The van der Waals surface area contributed by atoms with E-state index >= 15 is 0 Å². The lowest BCUT2D eigenvalue weighted by Gasteiger charge is -2.34. The first-order valence-electron chi connectivity index (χ1n) is 8.70. The van der Waals surface area contributed by atoms with Crippen molar-refractivity contribution < 1.29 is 14.1 Å². The van der Waals surface area contributed by atoms with Gasteiger partial charge in [0.1, 0.15) is 5.76 Å². The normalized spacial score (nSPS) is 22.8. The molecule has 4 rings (SSSR count). The molecule has 2 aromatic rings. The zero-order valence-corrected chi connectivity index (χ0v) is 14.2. The second kappa shape index (κ2) is 6.35. The van der Waals surface area contributed by atoms with Crippen molar-refractivity contribution in [3.05, 3.63) is 53.4 Å². The molecule has 0 unspecified atom stereocenters. The molecular weight excluding hydrogens is 318 g/mol. The maximum absolute atomic E-state index is 12.7. The first-order chi connectivity index (χ1) is 12.1. The number of hydrogen-bond donors (Lipinski definition) is 0. The molecule has 2 amide bonds. The van der Waals surface area contributed by atoms with Gasteiger partial charge in [-0.3, -0.25) is 9.59 Å². The zero-order chi connectivity index (χ0) is 17.4. The summed E-state index contributed by atoms with van der Waals surface area (Å²) in [5.41, 5.74) is 1.58. The Kier molecular flexibility index (Phi) is 4.03. The van der Waals surface area contributed by atoms with Gasteiger partial charge in [0.05, 0.1) is 0 Å². The van der Waals surface area contributed by atoms with Gasteiger partial charge in [0.15, 0.2) is 5.69 Å². The van der Waals surface area contributed by atoms with E-state index in [9.17, 15) is 9.59 Å². The molecule has 1 aliphatic heterocycles. The lowest BCUT2D eigenvalue weighted by atomic mass is 10.1. The van der Waals surface area contributed by atoms with E-state index in [1.807, 2.05) is 23.1 Å². The molecule has 2 atom stereocenters. The minimum atomic E-state index is -0.127. The van der Waals surface area contributed by atoms with Crippen LogP contribution in [0.25, 0.3) is 0 Å². The van der Waals surface area contributed by atoms with Crippen LogP contribution in [0.4, 0.5) is 0 Å². The Morgan fingerprint density at radius 3 is 2.40 bits per heavy atom. The molecular formula is C19H21N3O3. The summed E-state index contributed by atoms with van der Waals surface area (Å²) in [6.45, 7) is 4.01. The van der Waals surface area contributed by atoms with E-state index in [1.165, 1.54) is 5.56 Å². The van der Waals surface area contributed by atoms with Crippen LogP contribution in [-0.2, 0) is 4.79 Å². The predicted octanol–water partition coefficient (Wildman–Crippen LogP) is 2.07. The van der Waals surface area contributed by atoms with Gasteiger partial charge in [-0.1, -0.05) is 35.5 Å². The smallest absolute Gasteiger partial charge is 0.276 e. The number of benzene rings is 1. The molecule has 0 N–H and O–H groups in total. The van der Waals surface area contributed by atoms with E-state index in [1.54, 1.807) is 17.9 Å². The average molecular weight is 339 g/mol. The van der Waals surface area contributed by atoms with E-state index in [4.69, 9.17) is 4.52 Å². The van der Waals surface area contributed by atoms with Gasteiger partial charge in [0.25, 0.3) is 5.91 Å². The summed E-state index contributed by atoms with van der Waals surface area (Å²) in [4.78, 5) is 28.7. The molecule has 1 aliphatic carbocycles. The lowest BCUT2D eigenvalue weighted by molar-refractivity contribution is -0.134. The van der Waals surface area contributed by atoms with Gasteiger partial charge in [-0.15, -0.1) is 0 Å². The van der Waals surface area contributed by atoms with Gasteiger partial charge in [-0.05, 0) is 24.8 Å². The predicted molar refractivity (Wildman–Crippen MR) is 91.0 cm³/mol. The van der Waals surface area contributed by atoms with Gasteiger partial charge >= 0.3 is 0 Å². The summed E-state index contributed by atoms with van der Waals surface area (Å²) in [7, 11) is 0. The fraction of sp³-hybridized carbons (Fsp3) is 0.421. The van der Waals surface area contributed by atoms with E-state index in [0.717, 1.165) is 6.42 Å². The van der Waals surface area contributed by atoms with Gasteiger partial charge in [0.2, 0.25) is 5.91 Å². The summed E-state index contributed by atoms with van der Waals surface area (Å²) in [5.74, 6) is 1.17. The van der Waals surface area contributed by atoms with Gasteiger partial charge in [0, 0.05) is 38.2 Å². The van der Waals surface area contributed by atoms with E-state index < -0.39 is 0 Å². The summed E-state index contributed by atoms with van der Waals surface area (Å²) in [5, 5.41) is 3.78. The van der Waals surface area contributed by atoms with Crippen molar-refractivity contribution in [3.8, 4) is 0 Å². The molecule has 1 saturated carbocycles. The maximum atomic E-state index is 12.7. The molecule has 1 saturated heterocycles. The van der Waals surface area contributed by atoms with Crippen molar-refractivity contribution in [1.29, 1.82) is 0 Å². The number of aromatic nitrogens is 1. The van der Waals surface area contributed by atoms with E-state index in [-0.39, 0.29) is 17.7 Å². The van der Waals surface area contributed by atoms with Crippen LogP contribution in [0.15, 0.2) is 40.9 Å². The minimum absolute atomic E-state index is 0.0999. The highest BCUT2D eigenvalue weighted by Crippen LogP contribution is 2.48. The first kappa shape index (κ1) is 15.9. The van der Waals surface area contributed by atoms with E-state index in [2.05, 4.69) is 17.3 Å². The monoisotopic (exact) mass is 339 g/mol. The number of aryl methyl sites for hydroxylation is 1. The number of carbonyl (C=O) groups is 2. The molecule has 25 heavy (non-hydrogen) atoms. The maximum Gasteiger partial charge on any atom is 0.276 e. The van der Waals surface area contributed by atoms with Crippen LogP contribution in [0.5, 0.6) is 0 Å². The fourth-order valence-corrected chi connectivity index (χ4v) is 3.53. The molecule has 2 heterocycles. The molecule has 2 aliphatic rings. The second-order valence-corrected chi connectivity index (χ2v) is 6.80. The number of carbonyl (C=O) groups excluding carboxylic acids is 2. The largest absolute Gasteiger partial charge is 0.361 e. The van der Waals surface area contributed by atoms with Crippen LogP contribution in [0.3, 0.4) is 0 Å². The SMILES string of the molecule is Cc1cc(C(=O)N2CCN(C(=O)[C@@H]3C[C@H]3c3ccccc3)CC2)no1. The topological polar surface area (TPSA) is 66.7 Å². The lowest BCUT2D eigenvalue weighted by Crippen LogP contribution is -2.51. The van der Waals surface area contributed by atoms with Gasteiger partial charge in [-0.25, -0.2) is 0 Å². The Morgan fingerprint density at radius 1 is 1.08 bits per heavy atom. The average Bonchev–Trinajstić information content (AvgIpc) is 3.35. The summed E-state index contributed by atoms with van der Waals surface area (Å²) in [6, 6.07) is 11.9. The highest BCUT2D eigenvalue weighted by molar-refractivity contribution is 5.92. The van der Waals surface area contributed by atoms with Crippen LogP contribution in [-0.4, -0.2) is 52.9 Å². The molecule has 0 radical (unpaired) electrons. The quantitative estimate of drug-likeness (QED) is 0.859. The van der Waals surface area contributed by atoms with Crippen molar-refractivity contribution in [2.75, 3.05) is 26.2 Å². The number of amides is 2. The third-order valence-electron chi connectivity index (χ3n) is 5.06. The highest BCUT2D eigenvalue weighted by atomic mass is 16.5. The van der Waals surface area contributed by atoms with Gasteiger partial charge in [-0.2, -0.15) is 0 Å².